The fraction of sp³-hybridized carbons (Fsp3) is 0.238. The van der Waals surface area contributed by atoms with E-state index in [1.807, 2.05) is 48.5 Å². The number of aromatic amines is 2. The molecule has 296 valence electrons. The molecule has 0 aliphatic carbocycles. The summed E-state index contributed by atoms with van der Waals surface area (Å²) >= 11 is 0. The summed E-state index contributed by atoms with van der Waals surface area (Å²) in [7, 11) is 2.51. The van der Waals surface area contributed by atoms with E-state index in [9.17, 15) is 19.2 Å². The van der Waals surface area contributed by atoms with Gasteiger partial charge in [0.2, 0.25) is 5.91 Å². The first-order valence-corrected chi connectivity index (χ1v) is 18.6. The molecule has 6 aromatic rings. The van der Waals surface area contributed by atoms with Crippen LogP contribution in [0.1, 0.15) is 66.7 Å². The Morgan fingerprint density at radius 3 is 1.90 bits per heavy atom. The molecule has 1 aliphatic heterocycles. The van der Waals surface area contributed by atoms with Gasteiger partial charge < -0.3 is 40.3 Å². The number of nitrogens with one attached hydrogen (secondary N) is 5. The van der Waals surface area contributed by atoms with Crippen LogP contribution in [0.25, 0.3) is 33.9 Å². The highest BCUT2D eigenvalue weighted by atomic mass is 16.5. The van der Waals surface area contributed by atoms with Crippen LogP contribution in [0.3, 0.4) is 0 Å². The number of methoxy groups -OCH3 is 2. The molecule has 4 heterocycles. The summed E-state index contributed by atoms with van der Waals surface area (Å²) in [5, 5.41) is 8.19. The third kappa shape index (κ3) is 8.70. The number of carbonyl (C=O) groups excluding carboxylic acids is 4. The van der Waals surface area contributed by atoms with Gasteiger partial charge in [0.05, 0.1) is 68.2 Å². The van der Waals surface area contributed by atoms with Gasteiger partial charge in [-0.25, -0.2) is 19.6 Å². The summed E-state index contributed by atoms with van der Waals surface area (Å²) in [5.41, 5.74) is 5.67. The van der Waals surface area contributed by atoms with Crippen LogP contribution in [-0.2, 0) is 19.1 Å². The lowest BCUT2D eigenvalue weighted by Gasteiger charge is -2.28. The molecule has 5 N–H and O–H groups in total. The van der Waals surface area contributed by atoms with Crippen LogP contribution in [0.5, 0.6) is 0 Å². The maximum atomic E-state index is 13.9. The van der Waals surface area contributed by atoms with Crippen molar-refractivity contribution in [1.29, 1.82) is 0 Å². The van der Waals surface area contributed by atoms with E-state index in [1.165, 1.54) is 14.2 Å². The highest BCUT2D eigenvalue weighted by molar-refractivity contribution is 5.88. The molecule has 4 atom stereocenters. The Bertz CT molecular complexity index is 2350. The molecule has 0 saturated carbocycles. The van der Waals surface area contributed by atoms with Crippen LogP contribution < -0.4 is 16.0 Å². The predicted molar refractivity (Wildman–Crippen MR) is 212 cm³/mol. The molecule has 1 aliphatic rings. The summed E-state index contributed by atoms with van der Waals surface area (Å²) in [5.74, 6) is 0.502. The Hall–Kier alpha value is -7.36. The van der Waals surface area contributed by atoms with Crippen molar-refractivity contribution in [2.75, 3.05) is 20.8 Å². The number of ether oxygens (including phenoxy) is 2. The first kappa shape index (κ1) is 38.9. The van der Waals surface area contributed by atoms with Crippen molar-refractivity contribution < 1.29 is 28.7 Å². The first-order chi connectivity index (χ1) is 28.2. The van der Waals surface area contributed by atoms with Crippen molar-refractivity contribution in [2.24, 2.45) is 0 Å². The van der Waals surface area contributed by atoms with Gasteiger partial charge in [0.25, 0.3) is 5.91 Å². The zero-order valence-corrected chi connectivity index (χ0v) is 32.0. The lowest BCUT2D eigenvalue weighted by molar-refractivity contribution is -0.134. The minimum Gasteiger partial charge on any atom is -0.453 e. The number of nitrogens with zero attached hydrogens (tertiary/aromatic N) is 5. The minimum absolute atomic E-state index is 0.248. The average molecular weight is 783 g/mol. The highest BCUT2D eigenvalue weighted by Gasteiger charge is 2.37. The maximum absolute atomic E-state index is 13.9. The van der Waals surface area contributed by atoms with Gasteiger partial charge in [-0.05, 0) is 36.5 Å². The predicted octanol–water partition coefficient (Wildman–Crippen LogP) is 5.96. The molecule has 58 heavy (non-hydrogen) atoms. The van der Waals surface area contributed by atoms with Crippen molar-refractivity contribution in [1.82, 2.24) is 50.8 Å². The second-order valence-corrected chi connectivity index (χ2v) is 13.6. The zero-order chi connectivity index (χ0) is 40.6. The third-order valence-electron chi connectivity index (χ3n) is 9.90. The number of alkyl carbamates (subject to hydrolysis) is 2. The van der Waals surface area contributed by atoms with Gasteiger partial charge >= 0.3 is 12.2 Å². The van der Waals surface area contributed by atoms with Gasteiger partial charge in [-0.3, -0.25) is 19.6 Å². The van der Waals surface area contributed by atoms with E-state index in [4.69, 9.17) is 9.47 Å². The molecular formula is C42H42N10O6. The molecule has 7 rings (SSSR count). The fourth-order valence-corrected chi connectivity index (χ4v) is 6.85. The molecule has 3 unspecified atom stereocenters. The number of hydrogen-bond donors (Lipinski definition) is 5. The van der Waals surface area contributed by atoms with E-state index in [-0.39, 0.29) is 11.9 Å². The van der Waals surface area contributed by atoms with Crippen LogP contribution in [0, 0.1) is 0 Å². The molecular weight excluding hydrogens is 741 g/mol. The monoisotopic (exact) mass is 782 g/mol. The van der Waals surface area contributed by atoms with Crippen LogP contribution in [-0.4, -0.2) is 79.6 Å². The van der Waals surface area contributed by atoms with Crippen LogP contribution >= 0.6 is 0 Å². The second-order valence-electron chi connectivity index (χ2n) is 13.6. The van der Waals surface area contributed by atoms with Crippen molar-refractivity contribution in [3.63, 3.8) is 0 Å². The molecule has 1 fully saturated rings. The number of carbonyl (C=O) groups is 4. The Labute approximate surface area is 333 Å². The first-order valence-electron chi connectivity index (χ1n) is 18.6. The quantitative estimate of drug-likeness (QED) is 0.0984. The molecule has 3 aromatic carbocycles. The maximum Gasteiger partial charge on any atom is 0.407 e. The summed E-state index contributed by atoms with van der Waals surface area (Å²) in [6.45, 7) is 2.32. The van der Waals surface area contributed by atoms with Gasteiger partial charge in [0.1, 0.15) is 29.4 Å². The minimum atomic E-state index is -0.954. The smallest absolute Gasteiger partial charge is 0.407 e. The molecule has 0 radical (unpaired) electrons. The van der Waals surface area contributed by atoms with Gasteiger partial charge in [0, 0.05) is 12.1 Å². The van der Waals surface area contributed by atoms with Crippen LogP contribution in [0.2, 0.25) is 0 Å². The standard InChI is InChI=1S/C42H42N10O6/c1-25(47-39(53)35(50-41(55)57-2)28-11-6-4-7-12-28)37-45-22-31(48-37)27-18-16-26(17-19-27)30-21-44-32(23-43-30)33-24-46-38(49-33)34-15-10-20-52(34)40(54)36(51-42(56)58-3)29-13-8-5-9-14-29/h4-9,11-14,16-19,21-25,34-36H,10,15,20H2,1-3H3,(H,45,48)(H,46,49)(H,47,53)(H,50,55)(H,51,56)/t25?,34-,35?,36?/m0/s1. The van der Waals surface area contributed by atoms with Crippen molar-refractivity contribution in [2.45, 2.75) is 43.9 Å². The number of likely N-dealkylation sites (tertiary alicyclic amines) is 1. The largest absolute Gasteiger partial charge is 0.453 e. The SMILES string of the molecule is COC(=O)NC(C(=O)NC(C)c1ncc(-c2ccc(-c3cnc(-c4cnc([C@@H]5CCCN5C(=O)C(NC(=O)OC)c5ccccc5)[nH]4)cn3)cc2)[nH]1)c1ccccc1. The second kappa shape index (κ2) is 17.6. The van der Waals surface area contributed by atoms with E-state index >= 15 is 0 Å². The number of hydrogen-bond acceptors (Lipinski definition) is 10. The fourth-order valence-electron chi connectivity index (χ4n) is 6.85. The Kier molecular flexibility index (Phi) is 11.8. The zero-order valence-electron chi connectivity index (χ0n) is 32.0. The van der Waals surface area contributed by atoms with E-state index in [2.05, 4.69) is 45.9 Å². The number of rotatable bonds is 12. The van der Waals surface area contributed by atoms with Gasteiger partial charge in [0.15, 0.2) is 0 Å². The lowest BCUT2D eigenvalue weighted by Crippen LogP contribution is -2.42. The summed E-state index contributed by atoms with van der Waals surface area (Å²) < 4.78 is 9.53. The number of aromatic nitrogens is 6. The van der Waals surface area contributed by atoms with Gasteiger partial charge in [-0.1, -0.05) is 84.9 Å². The van der Waals surface area contributed by atoms with Crippen molar-refractivity contribution >= 4 is 24.0 Å². The number of H-pyrrole nitrogens is 2. The van der Waals surface area contributed by atoms with Crippen molar-refractivity contribution in [3.8, 4) is 33.9 Å². The lowest BCUT2D eigenvalue weighted by atomic mass is 10.1. The Morgan fingerprint density at radius 1 is 0.672 bits per heavy atom. The van der Waals surface area contributed by atoms with Crippen LogP contribution in [0.15, 0.2) is 110 Å². The van der Waals surface area contributed by atoms with Gasteiger partial charge in [-0.2, -0.15) is 0 Å². The third-order valence-corrected chi connectivity index (χ3v) is 9.90. The Morgan fingerprint density at radius 2 is 1.26 bits per heavy atom. The Balaban J connectivity index is 0.990. The molecule has 0 bridgehead atoms. The molecule has 16 heteroatoms. The number of benzene rings is 3. The van der Waals surface area contributed by atoms with E-state index in [0.29, 0.717) is 52.8 Å². The summed E-state index contributed by atoms with van der Waals surface area (Å²) in [6, 6.07) is 23.1. The summed E-state index contributed by atoms with van der Waals surface area (Å²) in [4.78, 5) is 78.1. The summed E-state index contributed by atoms with van der Waals surface area (Å²) in [6.07, 6.45) is 6.82. The molecule has 3 aromatic heterocycles. The normalized spacial score (nSPS) is 15.2. The average Bonchev–Trinajstić information content (AvgIpc) is 4.07. The van der Waals surface area contributed by atoms with E-state index in [0.717, 1.165) is 23.2 Å². The number of imidazole rings is 2. The molecule has 0 spiro atoms. The molecule has 1 saturated heterocycles. The van der Waals surface area contributed by atoms with Crippen molar-refractivity contribution in [3.05, 3.63) is 132 Å². The highest BCUT2D eigenvalue weighted by Crippen LogP contribution is 2.34. The van der Waals surface area contributed by atoms with Crippen LogP contribution in [0.4, 0.5) is 9.59 Å². The topological polar surface area (TPSA) is 209 Å². The molecule has 16 nitrogen and oxygen atoms in total. The van der Waals surface area contributed by atoms with Gasteiger partial charge in [-0.15, -0.1) is 0 Å². The molecule has 4 amide bonds. The number of amides is 4. The van der Waals surface area contributed by atoms with E-state index in [1.54, 1.807) is 73.0 Å². The van der Waals surface area contributed by atoms with E-state index < -0.39 is 36.2 Å².